The summed E-state index contributed by atoms with van der Waals surface area (Å²) in [6, 6.07) is 3.64. The lowest BCUT2D eigenvalue weighted by molar-refractivity contribution is 0.164. The fourth-order valence-electron chi connectivity index (χ4n) is 3.06. The first-order chi connectivity index (χ1) is 9.48. The van der Waals surface area contributed by atoms with Crippen molar-refractivity contribution in [3.8, 4) is 11.5 Å². The van der Waals surface area contributed by atoms with Crippen molar-refractivity contribution in [2.45, 2.75) is 29.6 Å². The van der Waals surface area contributed by atoms with Crippen LogP contribution in [0.15, 0.2) is 17.0 Å². The molecule has 1 fully saturated rings. The number of sulfone groups is 1. The minimum absolute atomic E-state index is 0.228. The first-order valence-electron chi connectivity index (χ1n) is 6.81. The minimum atomic E-state index is -3.40. The molecule has 1 saturated carbocycles. The SMILES string of the molecule is CS(=O)(=O)c1c(C2(CN)CCC2)ccc2c1OCCO2. The van der Waals surface area contributed by atoms with Gasteiger partial charge in [-0.3, -0.25) is 0 Å². The van der Waals surface area contributed by atoms with Crippen LogP contribution < -0.4 is 15.2 Å². The van der Waals surface area contributed by atoms with Gasteiger partial charge in [-0.25, -0.2) is 8.42 Å². The predicted octanol–water partition coefficient (Wildman–Crippen LogP) is 1.24. The molecule has 6 heteroatoms. The van der Waals surface area contributed by atoms with Gasteiger partial charge in [0, 0.05) is 18.2 Å². The largest absolute Gasteiger partial charge is 0.486 e. The molecule has 1 aromatic carbocycles. The highest BCUT2D eigenvalue weighted by atomic mass is 32.2. The second-order valence-electron chi connectivity index (χ2n) is 5.58. The van der Waals surface area contributed by atoms with Crippen molar-refractivity contribution >= 4 is 9.84 Å². The summed E-state index contributed by atoms with van der Waals surface area (Å²) >= 11 is 0. The van der Waals surface area contributed by atoms with Crippen molar-refractivity contribution in [2.75, 3.05) is 26.0 Å². The van der Waals surface area contributed by atoms with Crippen molar-refractivity contribution in [3.05, 3.63) is 17.7 Å². The van der Waals surface area contributed by atoms with E-state index in [2.05, 4.69) is 0 Å². The minimum Gasteiger partial charge on any atom is -0.486 e. The zero-order valence-electron chi connectivity index (χ0n) is 11.5. The van der Waals surface area contributed by atoms with Gasteiger partial charge in [0.2, 0.25) is 0 Å². The zero-order chi connectivity index (χ0) is 14.4. The summed E-state index contributed by atoms with van der Waals surface area (Å²) < 4.78 is 35.6. The second-order valence-corrected chi connectivity index (χ2v) is 7.53. The van der Waals surface area contributed by atoms with Gasteiger partial charge in [-0.05, 0) is 24.5 Å². The number of ether oxygens (including phenoxy) is 2. The van der Waals surface area contributed by atoms with E-state index in [4.69, 9.17) is 15.2 Å². The van der Waals surface area contributed by atoms with Gasteiger partial charge in [-0.2, -0.15) is 0 Å². The Morgan fingerprint density at radius 3 is 2.50 bits per heavy atom. The smallest absolute Gasteiger partial charge is 0.180 e. The van der Waals surface area contributed by atoms with Crippen LogP contribution in [0.3, 0.4) is 0 Å². The van der Waals surface area contributed by atoms with E-state index in [-0.39, 0.29) is 10.3 Å². The molecule has 0 saturated heterocycles. The van der Waals surface area contributed by atoms with Crippen LogP contribution in [0.25, 0.3) is 0 Å². The molecule has 110 valence electrons. The Balaban J connectivity index is 2.25. The third-order valence-electron chi connectivity index (χ3n) is 4.31. The van der Waals surface area contributed by atoms with Gasteiger partial charge in [0.25, 0.3) is 0 Å². The number of hydrogen-bond donors (Lipinski definition) is 1. The van der Waals surface area contributed by atoms with Gasteiger partial charge in [0.15, 0.2) is 21.3 Å². The highest BCUT2D eigenvalue weighted by molar-refractivity contribution is 7.90. The Hall–Kier alpha value is -1.27. The lowest BCUT2D eigenvalue weighted by Gasteiger charge is -2.43. The average molecular weight is 297 g/mol. The third-order valence-corrected chi connectivity index (χ3v) is 5.45. The molecule has 2 aliphatic rings. The van der Waals surface area contributed by atoms with Gasteiger partial charge in [-0.15, -0.1) is 0 Å². The molecule has 0 atom stereocenters. The van der Waals surface area contributed by atoms with Crippen molar-refractivity contribution in [2.24, 2.45) is 5.73 Å². The Kier molecular flexibility index (Phi) is 3.17. The van der Waals surface area contributed by atoms with Gasteiger partial charge >= 0.3 is 0 Å². The number of benzene rings is 1. The van der Waals surface area contributed by atoms with Crippen LogP contribution in [0, 0.1) is 0 Å². The van der Waals surface area contributed by atoms with Crippen molar-refractivity contribution < 1.29 is 17.9 Å². The van der Waals surface area contributed by atoms with Gasteiger partial charge in [0.05, 0.1) is 0 Å². The molecule has 0 amide bonds. The molecule has 0 radical (unpaired) electrons. The Morgan fingerprint density at radius 1 is 1.25 bits per heavy atom. The topological polar surface area (TPSA) is 78.6 Å². The maximum atomic E-state index is 12.3. The van der Waals surface area contributed by atoms with Gasteiger partial charge < -0.3 is 15.2 Å². The quantitative estimate of drug-likeness (QED) is 0.908. The Bertz CT molecular complexity index is 629. The summed E-state index contributed by atoms with van der Waals surface area (Å²) in [7, 11) is -3.40. The lowest BCUT2D eigenvalue weighted by atomic mass is 9.64. The standard InChI is InChI=1S/C14H19NO4S/c1-20(16,17)13-10(14(9-15)5-2-6-14)3-4-11-12(13)19-8-7-18-11/h3-4H,2,5-9,15H2,1H3. The summed E-state index contributed by atoms with van der Waals surface area (Å²) in [4.78, 5) is 0.264. The third kappa shape index (κ3) is 1.98. The molecule has 2 N–H and O–H groups in total. The van der Waals surface area contributed by atoms with Crippen molar-refractivity contribution in [1.29, 1.82) is 0 Å². The van der Waals surface area contributed by atoms with E-state index in [1.165, 1.54) is 6.26 Å². The molecular formula is C14H19NO4S. The highest BCUT2D eigenvalue weighted by Crippen LogP contribution is 2.49. The van der Waals surface area contributed by atoms with E-state index >= 15 is 0 Å². The zero-order valence-corrected chi connectivity index (χ0v) is 12.3. The molecule has 5 nitrogen and oxygen atoms in total. The molecule has 1 aliphatic heterocycles. The van der Waals surface area contributed by atoms with Crippen LogP contribution in [0.1, 0.15) is 24.8 Å². The van der Waals surface area contributed by atoms with Crippen molar-refractivity contribution in [3.63, 3.8) is 0 Å². The van der Waals surface area contributed by atoms with Crippen LogP contribution in [0.2, 0.25) is 0 Å². The first kappa shape index (κ1) is 13.7. The summed E-state index contributed by atoms with van der Waals surface area (Å²) in [5, 5.41) is 0. The van der Waals surface area contributed by atoms with Crippen LogP contribution in [-0.2, 0) is 15.3 Å². The van der Waals surface area contributed by atoms with Gasteiger partial charge in [0.1, 0.15) is 18.1 Å². The molecular weight excluding hydrogens is 278 g/mol. The normalized spacial score (nSPS) is 20.3. The molecule has 0 bridgehead atoms. The summed E-state index contributed by atoms with van der Waals surface area (Å²) in [5.41, 5.74) is 6.48. The molecule has 1 aromatic rings. The fraction of sp³-hybridized carbons (Fsp3) is 0.571. The van der Waals surface area contributed by atoms with Crippen molar-refractivity contribution in [1.82, 2.24) is 0 Å². The van der Waals surface area contributed by atoms with E-state index < -0.39 is 9.84 Å². The molecule has 0 spiro atoms. The summed E-state index contributed by atoms with van der Waals surface area (Å²) in [6.45, 7) is 1.27. The van der Waals surface area contributed by atoms with Crippen LogP contribution >= 0.6 is 0 Å². The molecule has 0 unspecified atom stereocenters. The van der Waals surface area contributed by atoms with E-state index in [9.17, 15) is 8.42 Å². The number of hydrogen-bond acceptors (Lipinski definition) is 5. The van der Waals surface area contributed by atoms with Crippen LogP contribution in [-0.4, -0.2) is 34.4 Å². The predicted molar refractivity (Wildman–Crippen MR) is 75.1 cm³/mol. The second kappa shape index (κ2) is 4.63. The Morgan fingerprint density at radius 2 is 1.95 bits per heavy atom. The number of fused-ring (bicyclic) bond motifs is 1. The summed E-state index contributed by atoms with van der Waals surface area (Å²) in [5.74, 6) is 0.864. The fourth-order valence-corrected chi connectivity index (χ4v) is 4.24. The summed E-state index contributed by atoms with van der Waals surface area (Å²) in [6.07, 6.45) is 4.14. The van der Waals surface area contributed by atoms with Gasteiger partial charge in [-0.1, -0.05) is 12.5 Å². The van der Waals surface area contributed by atoms with E-state index in [1.807, 2.05) is 6.07 Å². The molecule has 20 heavy (non-hydrogen) atoms. The van der Waals surface area contributed by atoms with Crippen LogP contribution in [0.5, 0.6) is 11.5 Å². The molecule has 3 rings (SSSR count). The van der Waals surface area contributed by atoms with E-state index in [0.29, 0.717) is 31.3 Å². The monoisotopic (exact) mass is 297 g/mol. The Labute approximate surface area is 119 Å². The molecule has 1 heterocycles. The number of rotatable bonds is 3. The van der Waals surface area contributed by atoms with E-state index in [0.717, 1.165) is 24.8 Å². The molecule has 1 aliphatic carbocycles. The first-order valence-corrected chi connectivity index (χ1v) is 8.70. The maximum absolute atomic E-state index is 12.3. The average Bonchev–Trinajstić information content (AvgIpc) is 2.36. The highest BCUT2D eigenvalue weighted by Gasteiger charge is 2.42. The molecule has 0 aromatic heterocycles. The number of nitrogens with two attached hydrogens (primary N) is 1. The van der Waals surface area contributed by atoms with Crippen LogP contribution in [0.4, 0.5) is 0 Å². The lowest BCUT2D eigenvalue weighted by Crippen LogP contribution is -2.42. The van der Waals surface area contributed by atoms with E-state index in [1.54, 1.807) is 6.07 Å². The maximum Gasteiger partial charge on any atom is 0.180 e.